The maximum atomic E-state index is 13.4. The van der Waals surface area contributed by atoms with Crippen LogP contribution in [-0.2, 0) is 6.61 Å². The molecule has 5 nitrogen and oxygen atoms in total. The first-order valence-electron chi connectivity index (χ1n) is 10.8. The van der Waals surface area contributed by atoms with E-state index in [1.807, 2.05) is 30.3 Å². The van der Waals surface area contributed by atoms with Crippen LogP contribution in [0.5, 0.6) is 11.5 Å². The lowest BCUT2D eigenvalue weighted by molar-refractivity contribution is 0.0743. The molecule has 2 aliphatic carbocycles. The van der Waals surface area contributed by atoms with Crippen LogP contribution in [0.1, 0.15) is 48.0 Å². The van der Waals surface area contributed by atoms with Crippen LogP contribution in [0.3, 0.4) is 0 Å². The van der Waals surface area contributed by atoms with E-state index >= 15 is 0 Å². The predicted molar refractivity (Wildman–Crippen MR) is 110 cm³/mol. The molecule has 2 aliphatic heterocycles. The van der Waals surface area contributed by atoms with Crippen LogP contribution in [0.4, 0.5) is 5.69 Å². The zero-order valence-corrected chi connectivity index (χ0v) is 16.5. The van der Waals surface area contributed by atoms with E-state index in [1.54, 1.807) is 0 Å². The summed E-state index contributed by atoms with van der Waals surface area (Å²) in [5.74, 6) is 1.53. The van der Waals surface area contributed by atoms with Crippen molar-refractivity contribution in [2.24, 2.45) is 5.41 Å². The summed E-state index contributed by atoms with van der Waals surface area (Å²) in [5, 5.41) is 3.53. The molecule has 2 aromatic rings. The fourth-order valence-electron chi connectivity index (χ4n) is 4.70. The van der Waals surface area contributed by atoms with Crippen molar-refractivity contribution in [1.82, 2.24) is 4.90 Å². The topological polar surface area (TPSA) is 50.8 Å². The number of nitrogens with one attached hydrogen (secondary N) is 1. The minimum Gasteiger partial charge on any atom is -0.487 e. The molecule has 150 valence electrons. The fraction of sp³-hybridized carbons (Fsp3) is 0.458. The van der Waals surface area contributed by atoms with Crippen LogP contribution in [-0.4, -0.2) is 36.0 Å². The lowest BCUT2D eigenvalue weighted by Crippen LogP contribution is -2.37. The fourth-order valence-corrected chi connectivity index (χ4v) is 4.70. The van der Waals surface area contributed by atoms with Gasteiger partial charge in [-0.2, -0.15) is 0 Å². The number of rotatable bonds is 5. The van der Waals surface area contributed by atoms with Gasteiger partial charge in [-0.25, -0.2) is 0 Å². The van der Waals surface area contributed by atoms with Crippen LogP contribution < -0.4 is 14.8 Å². The van der Waals surface area contributed by atoms with Crippen molar-refractivity contribution in [2.75, 3.05) is 18.4 Å². The summed E-state index contributed by atoms with van der Waals surface area (Å²) in [5.41, 5.74) is 3.10. The second-order valence-corrected chi connectivity index (χ2v) is 9.11. The molecular formula is C24H26N2O3. The normalized spacial score (nSPS) is 23.8. The lowest BCUT2D eigenvalue weighted by Gasteiger charge is -2.21. The Morgan fingerprint density at radius 2 is 1.93 bits per heavy atom. The number of ether oxygens (including phenoxy) is 2. The quantitative estimate of drug-likeness (QED) is 0.830. The van der Waals surface area contributed by atoms with E-state index in [0.29, 0.717) is 35.1 Å². The van der Waals surface area contributed by atoms with Gasteiger partial charge >= 0.3 is 0 Å². The summed E-state index contributed by atoms with van der Waals surface area (Å²) < 4.78 is 12.3. The molecule has 1 amide bonds. The van der Waals surface area contributed by atoms with Gasteiger partial charge in [0.05, 0.1) is 17.4 Å². The third-order valence-corrected chi connectivity index (χ3v) is 6.73. The summed E-state index contributed by atoms with van der Waals surface area (Å²) >= 11 is 0. The Morgan fingerprint density at radius 1 is 1.10 bits per heavy atom. The Kier molecular flexibility index (Phi) is 3.80. The number of hydrogen-bond donors (Lipinski definition) is 1. The summed E-state index contributed by atoms with van der Waals surface area (Å²) in [6.07, 6.45) is 6.04. The Morgan fingerprint density at radius 3 is 2.69 bits per heavy atom. The van der Waals surface area contributed by atoms with Crippen molar-refractivity contribution in [3.8, 4) is 11.5 Å². The van der Waals surface area contributed by atoms with Crippen LogP contribution in [0.25, 0.3) is 0 Å². The molecule has 0 unspecified atom stereocenters. The monoisotopic (exact) mass is 390 g/mol. The number of anilines is 1. The highest BCUT2D eigenvalue weighted by Crippen LogP contribution is 2.55. The third-order valence-electron chi connectivity index (χ3n) is 6.73. The van der Waals surface area contributed by atoms with Crippen molar-refractivity contribution in [3.05, 3.63) is 53.6 Å². The zero-order chi connectivity index (χ0) is 19.4. The minimum atomic E-state index is 0.133. The Hall–Kier alpha value is -2.69. The zero-order valence-electron chi connectivity index (χ0n) is 16.5. The summed E-state index contributed by atoms with van der Waals surface area (Å²) in [7, 11) is 0. The maximum absolute atomic E-state index is 13.4. The van der Waals surface area contributed by atoms with Gasteiger partial charge < -0.3 is 19.7 Å². The molecule has 1 N–H and O–H groups in total. The van der Waals surface area contributed by atoms with Crippen LogP contribution >= 0.6 is 0 Å². The van der Waals surface area contributed by atoms with Crippen molar-refractivity contribution in [3.63, 3.8) is 0 Å². The molecule has 1 spiro atoms. The third kappa shape index (κ3) is 3.22. The molecule has 3 fully saturated rings. The Labute approximate surface area is 171 Å². The highest BCUT2D eigenvalue weighted by Gasteiger charge is 2.53. The van der Waals surface area contributed by atoms with E-state index in [-0.39, 0.29) is 12.0 Å². The molecule has 2 heterocycles. The van der Waals surface area contributed by atoms with Gasteiger partial charge in [-0.05, 0) is 49.1 Å². The largest absolute Gasteiger partial charge is 0.487 e. The van der Waals surface area contributed by atoms with Crippen LogP contribution in [0, 0.1) is 5.41 Å². The first kappa shape index (κ1) is 17.2. The molecule has 1 atom stereocenters. The van der Waals surface area contributed by atoms with Gasteiger partial charge in [-0.1, -0.05) is 30.3 Å². The van der Waals surface area contributed by atoms with Gasteiger partial charge in [0.25, 0.3) is 5.91 Å². The number of fused-ring (bicyclic) bond motifs is 2. The molecule has 0 bridgehead atoms. The number of amides is 1. The van der Waals surface area contributed by atoms with E-state index in [9.17, 15) is 4.79 Å². The molecule has 1 saturated heterocycles. The highest BCUT2D eigenvalue weighted by molar-refractivity contribution is 6.01. The second-order valence-electron chi connectivity index (χ2n) is 9.11. The Bertz CT molecular complexity index is 950. The Balaban J connectivity index is 1.31. The first-order valence-corrected chi connectivity index (χ1v) is 10.8. The minimum absolute atomic E-state index is 0.133. The lowest BCUT2D eigenvalue weighted by atomic mass is 10.0. The summed E-state index contributed by atoms with van der Waals surface area (Å²) in [4.78, 5) is 15.5. The van der Waals surface area contributed by atoms with E-state index < -0.39 is 0 Å². The van der Waals surface area contributed by atoms with Crippen molar-refractivity contribution in [2.45, 2.75) is 50.9 Å². The number of hydrogen-bond acceptors (Lipinski definition) is 4. The molecule has 2 aromatic carbocycles. The van der Waals surface area contributed by atoms with Crippen LogP contribution in [0.2, 0.25) is 0 Å². The molecule has 0 radical (unpaired) electrons. The van der Waals surface area contributed by atoms with Gasteiger partial charge in [-0.3, -0.25) is 4.79 Å². The summed E-state index contributed by atoms with van der Waals surface area (Å²) in [6.45, 7) is 2.19. The smallest absolute Gasteiger partial charge is 0.256 e. The molecule has 5 heteroatoms. The van der Waals surface area contributed by atoms with Gasteiger partial charge in [-0.15, -0.1) is 0 Å². The molecule has 2 saturated carbocycles. The first-order chi connectivity index (χ1) is 14.2. The number of benzene rings is 2. The van der Waals surface area contributed by atoms with E-state index in [1.165, 1.54) is 12.8 Å². The van der Waals surface area contributed by atoms with Crippen molar-refractivity contribution >= 4 is 11.6 Å². The molecule has 4 aliphatic rings. The number of nitrogens with zero attached hydrogens (tertiary/aromatic N) is 1. The van der Waals surface area contributed by atoms with E-state index in [0.717, 1.165) is 43.6 Å². The average molecular weight is 390 g/mol. The maximum Gasteiger partial charge on any atom is 0.256 e. The number of carbonyl (C=O) groups excluding carboxylic acids is 1. The SMILES string of the molecule is O=C1c2cc(OC3CC3)c(OCc3ccccc3)cc2NC[C@@H]2CC3(CC3)CN12. The standard InChI is InChI=1S/C24H26N2O3/c27-23-19-10-22(29-18-6-7-18)21(28-14-16-4-2-1-3-5-16)11-20(19)25-13-17-12-24(8-9-24)15-26(17)23/h1-5,10-11,17-18,25H,6-9,12-15H2/t17-/m0/s1. The van der Waals surface area contributed by atoms with Crippen LogP contribution in [0.15, 0.2) is 42.5 Å². The predicted octanol–water partition coefficient (Wildman–Crippen LogP) is 4.23. The van der Waals surface area contributed by atoms with Crippen molar-refractivity contribution in [1.29, 1.82) is 0 Å². The van der Waals surface area contributed by atoms with Crippen molar-refractivity contribution < 1.29 is 14.3 Å². The van der Waals surface area contributed by atoms with Gasteiger partial charge in [0.2, 0.25) is 0 Å². The van der Waals surface area contributed by atoms with Gasteiger partial charge in [0.15, 0.2) is 11.5 Å². The van der Waals surface area contributed by atoms with Gasteiger partial charge in [0, 0.05) is 25.2 Å². The highest BCUT2D eigenvalue weighted by atomic mass is 16.5. The average Bonchev–Trinajstić information content (AvgIpc) is 3.65. The number of carbonyl (C=O) groups is 1. The summed E-state index contributed by atoms with van der Waals surface area (Å²) in [6, 6.07) is 14.3. The van der Waals surface area contributed by atoms with Gasteiger partial charge in [0.1, 0.15) is 6.61 Å². The van der Waals surface area contributed by atoms with E-state index in [4.69, 9.17) is 9.47 Å². The molecule has 6 rings (SSSR count). The second kappa shape index (κ2) is 6.41. The molecule has 29 heavy (non-hydrogen) atoms. The molecular weight excluding hydrogens is 364 g/mol. The van der Waals surface area contributed by atoms with E-state index in [2.05, 4.69) is 22.3 Å². The molecule has 0 aromatic heterocycles.